The highest BCUT2D eigenvalue weighted by atomic mass is 16.6. The SMILES string of the molecule is CC(C)c1cc(NCc2ccccc2[N+](=O)[O-])ncn1. The lowest BCUT2D eigenvalue weighted by Gasteiger charge is -2.08. The van der Waals surface area contributed by atoms with Gasteiger partial charge in [-0.1, -0.05) is 32.0 Å². The van der Waals surface area contributed by atoms with E-state index in [1.54, 1.807) is 18.2 Å². The van der Waals surface area contributed by atoms with Crippen molar-refractivity contribution in [2.75, 3.05) is 5.32 Å². The van der Waals surface area contributed by atoms with E-state index >= 15 is 0 Å². The Bertz CT molecular complexity index is 614. The highest BCUT2D eigenvalue weighted by Crippen LogP contribution is 2.19. The standard InChI is InChI=1S/C14H16N4O2/c1-10(2)12-7-14(17-9-16-12)15-8-11-5-3-4-6-13(11)18(19)20/h3-7,9-10H,8H2,1-2H3,(H,15,16,17). The summed E-state index contributed by atoms with van der Waals surface area (Å²) in [5, 5.41) is 14.0. The smallest absolute Gasteiger partial charge is 0.274 e. The van der Waals surface area contributed by atoms with Crippen LogP contribution in [0, 0.1) is 10.1 Å². The summed E-state index contributed by atoms with van der Waals surface area (Å²) in [5.74, 6) is 0.978. The van der Waals surface area contributed by atoms with E-state index in [0.717, 1.165) is 5.69 Å². The number of nitrogens with one attached hydrogen (secondary N) is 1. The first kappa shape index (κ1) is 13.9. The van der Waals surface area contributed by atoms with Crippen LogP contribution in [0.2, 0.25) is 0 Å². The first-order valence-electron chi connectivity index (χ1n) is 6.36. The number of nitro benzene ring substituents is 1. The molecular weight excluding hydrogens is 256 g/mol. The molecule has 2 rings (SSSR count). The molecule has 0 saturated carbocycles. The molecule has 0 amide bonds. The minimum atomic E-state index is -0.378. The second-order valence-corrected chi connectivity index (χ2v) is 4.72. The van der Waals surface area contributed by atoms with Crippen molar-refractivity contribution in [2.24, 2.45) is 0 Å². The molecule has 1 aromatic heterocycles. The predicted molar refractivity (Wildman–Crippen MR) is 76.5 cm³/mol. The van der Waals surface area contributed by atoms with Crippen LogP contribution in [0.1, 0.15) is 31.0 Å². The zero-order valence-corrected chi connectivity index (χ0v) is 11.4. The number of hydrogen-bond donors (Lipinski definition) is 1. The summed E-state index contributed by atoms with van der Waals surface area (Å²) in [4.78, 5) is 18.8. The normalized spacial score (nSPS) is 10.6. The van der Waals surface area contributed by atoms with Gasteiger partial charge in [0.15, 0.2) is 0 Å². The molecular formula is C14H16N4O2. The van der Waals surface area contributed by atoms with Crippen LogP contribution < -0.4 is 5.32 Å². The molecule has 6 nitrogen and oxygen atoms in total. The summed E-state index contributed by atoms with van der Waals surface area (Å²) >= 11 is 0. The highest BCUT2D eigenvalue weighted by molar-refractivity contribution is 5.43. The molecule has 1 heterocycles. The number of benzene rings is 1. The molecule has 20 heavy (non-hydrogen) atoms. The third-order valence-corrected chi connectivity index (χ3v) is 2.93. The number of para-hydroxylation sites is 1. The quantitative estimate of drug-likeness (QED) is 0.668. The fourth-order valence-electron chi connectivity index (χ4n) is 1.81. The molecule has 104 valence electrons. The van der Waals surface area contributed by atoms with Crippen LogP contribution in [0.15, 0.2) is 36.7 Å². The average Bonchev–Trinajstić information content (AvgIpc) is 2.45. The van der Waals surface area contributed by atoms with Gasteiger partial charge in [-0.05, 0) is 5.92 Å². The van der Waals surface area contributed by atoms with Gasteiger partial charge in [0.25, 0.3) is 5.69 Å². The molecule has 0 bridgehead atoms. The molecule has 6 heteroatoms. The Morgan fingerprint density at radius 1 is 1.30 bits per heavy atom. The highest BCUT2D eigenvalue weighted by Gasteiger charge is 2.12. The van der Waals surface area contributed by atoms with Crippen LogP contribution in [-0.2, 0) is 6.54 Å². The molecule has 1 aromatic carbocycles. The predicted octanol–water partition coefficient (Wildman–Crippen LogP) is 3.12. The van der Waals surface area contributed by atoms with Gasteiger partial charge in [-0.2, -0.15) is 0 Å². The van der Waals surface area contributed by atoms with Crippen molar-refractivity contribution in [1.29, 1.82) is 0 Å². The van der Waals surface area contributed by atoms with E-state index in [9.17, 15) is 10.1 Å². The fraction of sp³-hybridized carbons (Fsp3) is 0.286. The van der Waals surface area contributed by atoms with Crippen molar-refractivity contribution in [1.82, 2.24) is 9.97 Å². The fourth-order valence-corrected chi connectivity index (χ4v) is 1.81. The molecule has 0 unspecified atom stereocenters. The van der Waals surface area contributed by atoms with Crippen molar-refractivity contribution in [3.8, 4) is 0 Å². The second-order valence-electron chi connectivity index (χ2n) is 4.72. The first-order chi connectivity index (χ1) is 9.58. The van der Waals surface area contributed by atoms with Crippen molar-refractivity contribution in [2.45, 2.75) is 26.3 Å². The summed E-state index contributed by atoms with van der Waals surface area (Å²) in [6.45, 7) is 4.45. The number of anilines is 1. The summed E-state index contributed by atoms with van der Waals surface area (Å²) in [6, 6.07) is 8.53. The molecule has 2 aromatic rings. The van der Waals surface area contributed by atoms with Gasteiger partial charge < -0.3 is 5.32 Å². The minimum absolute atomic E-state index is 0.109. The van der Waals surface area contributed by atoms with Gasteiger partial charge in [-0.15, -0.1) is 0 Å². The Hall–Kier alpha value is -2.50. The maximum Gasteiger partial charge on any atom is 0.274 e. The zero-order valence-electron chi connectivity index (χ0n) is 11.4. The molecule has 0 aliphatic heterocycles. The van der Waals surface area contributed by atoms with Gasteiger partial charge in [0, 0.05) is 29.9 Å². The first-order valence-corrected chi connectivity index (χ1v) is 6.36. The third kappa shape index (κ3) is 3.28. The monoisotopic (exact) mass is 272 g/mol. The summed E-state index contributed by atoms with van der Waals surface area (Å²) in [7, 11) is 0. The zero-order chi connectivity index (χ0) is 14.5. The Morgan fingerprint density at radius 2 is 2.05 bits per heavy atom. The lowest BCUT2D eigenvalue weighted by atomic mass is 10.1. The van der Waals surface area contributed by atoms with E-state index in [1.165, 1.54) is 12.4 Å². The lowest BCUT2D eigenvalue weighted by Crippen LogP contribution is -2.05. The van der Waals surface area contributed by atoms with Crippen LogP contribution in [0.3, 0.4) is 0 Å². The summed E-state index contributed by atoms with van der Waals surface area (Å²) in [5.41, 5.74) is 1.67. The second kappa shape index (κ2) is 6.10. The number of rotatable bonds is 5. The van der Waals surface area contributed by atoms with Crippen LogP contribution in [0.25, 0.3) is 0 Å². The number of hydrogen-bond acceptors (Lipinski definition) is 5. The molecule has 0 spiro atoms. The Balaban J connectivity index is 2.13. The Kier molecular flexibility index (Phi) is 4.24. The largest absolute Gasteiger partial charge is 0.366 e. The number of nitro groups is 1. The molecule has 0 fully saturated rings. The Morgan fingerprint density at radius 3 is 2.75 bits per heavy atom. The van der Waals surface area contributed by atoms with Crippen molar-refractivity contribution < 1.29 is 4.92 Å². The van der Waals surface area contributed by atoms with E-state index < -0.39 is 0 Å². The van der Waals surface area contributed by atoms with Gasteiger partial charge >= 0.3 is 0 Å². The van der Waals surface area contributed by atoms with Gasteiger partial charge in [0.1, 0.15) is 12.1 Å². The van der Waals surface area contributed by atoms with E-state index in [-0.39, 0.29) is 10.6 Å². The van der Waals surface area contributed by atoms with E-state index in [4.69, 9.17) is 0 Å². The van der Waals surface area contributed by atoms with Gasteiger partial charge in [-0.25, -0.2) is 9.97 Å². The number of nitrogens with zero attached hydrogens (tertiary/aromatic N) is 3. The van der Waals surface area contributed by atoms with E-state index in [1.807, 2.05) is 19.9 Å². The van der Waals surface area contributed by atoms with E-state index in [0.29, 0.717) is 23.8 Å². The number of aromatic nitrogens is 2. The van der Waals surface area contributed by atoms with Crippen molar-refractivity contribution in [3.63, 3.8) is 0 Å². The Labute approximate surface area is 117 Å². The molecule has 0 aliphatic carbocycles. The maximum atomic E-state index is 10.9. The molecule has 1 N–H and O–H groups in total. The summed E-state index contributed by atoms with van der Waals surface area (Å²) in [6.07, 6.45) is 1.50. The van der Waals surface area contributed by atoms with Crippen LogP contribution >= 0.6 is 0 Å². The van der Waals surface area contributed by atoms with Crippen LogP contribution in [0.4, 0.5) is 11.5 Å². The molecule has 0 saturated heterocycles. The van der Waals surface area contributed by atoms with Crippen molar-refractivity contribution >= 4 is 11.5 Å². The van der Waals surface area contributed by atoms with Crippen LogP contribution in [0.5, 0.6) is 0 Å². The van der Waals surface area contributed by atoms with E-state index in [2.05, 4.69) is 15.3 Å². The topological polar surface area (TPSA) is 81.0 Å². The lowest BCUT2D eigenvalue weighted by molar-refractivity contribution is -0.385. The molecule has 0 aliphatic rings. The van der Waals surface area contributed by atoms with Gasteiger partial charge in [-0.3, -0.25) is 10.1 Å². The minimum Gasteiger partial charge on any atom is -0.366 e. The third-order valence-electron chi connectivity index (χ3n) is 2.93. The summed E-state index contributed by atoms with van der Waals surface area (Å²) < 4.78 is 0. The van der Waals surface area contributed by atoms with Gasteiger partial charge in [0.2, 0.25) is 0 Å². The molecule has 0 atom stereocenters. The van der Waals surface area contributed by atoms with Crippen molar-refractivity contribution in [3.05, 3.63) is 58.0 Å². The van der Waals surface area contributed by atoms with Gasteiger partial charge in [0.05, 0.1) is 4.92 Å². The average molecular weight is 272 g/mol. The van der Waals surface area contributed by atoms with Crippen LogP contribution in [-0.4, -0.2) is 14.9 Å². The maximum absolute atomic E-state index is 10.9. The molecule has 0 radical (unpaired) electrons.